The van der Waals surface area contributed by atoms with Gasteiger partial charge in [-0.3, -0.25) is 14.4 Å². The molecule has 282 valence electrons. The van der Waals surface area contributed by atoms with E-state index in [0.717, 1.165) is 23.1 Å². The summed E-state index contributed by atoms with van der Waals surface area (Å²) in [6.45, 7) is 15.1. The van der Waals surface area contributed by atoms with Crippen LogP contribution in [0.25, 0.3) is 0 Å². The van der Waals surface area contributed by atoms with Crippen molar-refractivity contribution in [2.45, 2.75) is 106 Å². The average molecular weight is 727 g/mol. The number of nitrogens with one attached hydrogen (secondary N) is 2. The number of halogens is 1. The Hall–Kier alpha value is -3.85. The number of carbonyl (C=O) groups is 4. The maximum atomic E-state index is 12.8. The van der Waals surface area contributed by atoms with Gasteiger partial charge in [-0.05, 0) is 93.0 Å². The molecule has 0 radical (unpaired) electrons. The van der Waals surface area contributed by atoms with E-state index in [0.29, 0.717) is 17.9 Å². The lowest BCUT2D eigenvalue weighted by Gasteiger charge is -2.31. The van der Waals surface area contributed by atoms with Crippen molar-refractivity contribution in [1.82, 2.24) is 10.6 Å². The molecular weight excluding hydrogens is 668 g/mol. The van der Waals surface area contributed by atoms with Crippen LogP contribution in [-0.2, 0) is 28.7 Å². The third-order valence-electron chi connectivity index (χ3n) is 9.04. The average Bonchev–Trinajstić information content (AvgIpc) is 3.05. The van der Waals surface area contributed by atoms with Crippen LogP contribution in [0.4, 0.5) is 0 Å². The van der Waals surface area contributed by atoms with Gasteiger partial charge in [-0.25, -0.2) is 4.79 Å². The van der Waals surface area contributed by atoms with E-state index in [-0.39, 0.29) is 24.9 Å². The molecule has 1 heterocycles. The highest BCUT2D eigenvalue weighted by Crippen LogP contribution is 2.38. The van der Waals surface area contributed by atoms with Crippen LogP contribution in [0.2, 0.25) is 5.02 Å². The zero-order valence-electron chi connectivity index (χ0n) is 31.9. The van der Waals surface area contributed by atoms with Crippen LogP contribution in [0, 0.1) is 30.1 Å². The van der Waals surface area contributed by atoms with E-state index in [2.05, 4.69) is 47.9 Å². The lowest BCUT2D eigenvalue weighted by molar-refractivity contribution is -0.178. The SMILES string of the molecule is CC(C)CC1OC(=O)C(C)(C)CNC(=O)CNC(=O)/C=C/CC(C(C)C)OC1=O.CC(c1ccccc1)C1CCC1.COc1ccc(C)cc1Cl. The van der Waals surface area contributed by atoms with Crippen molar-refractivity contribution in [3.8, 4) is 5.75 Å². The molecule has 10 heteroatoms. The Kier molecular flexibility index (Phi) is 18.3. The number of rotatable bonds is 6. The van der Waals surface area contributed by atoms with E-state index in [1.807, 2.05) is 52.8 Å². The van der Waals surface area contributed by atoms with Crippen LogP contribution >= 0.6 is 11.6 Å². The number of cyclic esters (lactones) is 2. The third kappa shape index (κ3) is 15.5. The number of methoxy groups -OCH3 is 1. The van der Waals surface area contributed by atoms with Crippen molar-refractivity contribution in [2.75, 3.05) is 20.2 Å². The molecular formula is C41H59ClN2O7. The minimum atomic E-state index is -1.05. The number of amides is 2. The summed E-state index contributed by atoms with van der Waals surface area (Å²) < 4.78 is 16.1. The Morgan fingerprint density at radius 1 is 0.941 bits per heavy atom. The molecule has 2 N–H and O–H groups in total. The van der Waals surface area contributed by atoms with Crippen molar-refractivity contribution in [2.24, 2.45) is 23.2 Å². The first-order chi connectivity index (χ1) is 24.0. The van der Waals surface area contributed by atoms with Gasteiger partial charge in [-0.1, -0.05) is 95.1 Å². The van der Waals surface area contributed by atoms with Crippen LogP contribution in [-0.4, -0.2) is 56.2 Å². The molecule has 1 fully saturated rings. The van der Waals surface area contributed by atoms with Crippen LogP contribution in [0.15, 0.2) is 60.7 Å². The summed E-state index contributed by atoms with van der Waals surface area (Å²) >= 11 is 5.80. The van der Waals surface area contributed by atoms with E-state index >= 15 is 0 Å². The van der Waals surface area contributed by atoms with Gasteiger partial charge in [0.05, 0.1) is 24.1 Å². The molecule has 0 saturated heterocycles. The maximum absolute atomic E-state index is 12.8. The number of carbonyl (C=O) groups excluding carboxylic acids is 4. The number of esters is 2. The van der Waals surface area contributed by atoms with E-state index < -0.39 is 41.4 Å². The summed E-state index contributed by atoms with van der Waals surface area (Å²) in [5.41, 5.74) is 1.61. The second kappa shape index (κ2) is 21.5. The third-order valence-corrected chi connectivity index (χ3v) is 9.33. The fourth-order valence-electron chi connectivity index (χ4n) is 5.32. The molecule has 2 aromatic carbocycles. The van der Waals surface area contributed by atoms with Crippen molar-refractivity contribution >= 4 is 35.4 Å². The zero-order chi connectivity index (χ0) is 38.1. The normalized spacial score (nSPS) is 21.3. The minimum Gasteiger partial charge on any atom is -0.495 e. The second-order valence-electron chi connectivity index (χ2n) is 14.8. The minimum absolute atomic E-state index is 0.00293. The van der Waals surface area contributed by atoms with Gasteiger partial charge in [-0.2, -0.15) is 0 Å². The molecule has 1 saturated carbocycles. The van der Waals surface area contributed by atoms with E-state index in [1.165, 1.54) is 30.9 Å². The van der Waals surface area contributed by atoms with Gasteiger partial charge in [0.2, 0.25) is 11.8 Å². The first-order valence-corrected chi connectivity index (χ1v) is 18.4. The summed E-state index contributed by atoms with van der Waals surface area (Å²) in [5.74, 6) is 0.543. The number of aryl methyl sites for hydroxylation is 1. The van der Waals surface area contributed by atoms with Gasteiger partial charge in [0.25, 0.3) is 0 Å². The summed E-state index contributed by atoms with van der Waals surface area (Å²) in [7, 11) is 1.61. The Balaban J connectivity index is 0.000000329. The van der Waals surface area contributed by atoms with Crippen molar-refractivity contribution in [1.29, 1.82) is 0 Å². The Labute approximate surface area is 310 Å². The Bertz CT molecular complexity index is 1440. The standard InChI is InChI=1S/C21H34N2O6.C12H16.C8H9ClO/c1-13(2)10-16-19(26)28-15(14(3)4)8-7-9-17(24)22-11-18(25)23-12-21(5,6)20(27)29-16;1-10(12-8-5-9-12)11-6-3-2-4-7-11;1-6-3-4-8(10-2)7(9)5-6/h7,9,13-16H,8,10-12H2,1-6H3,(H,22,24)(H,23,25);2-4,6-7,10,12H,5,8-9H2,1H3;3-5H,1-2H3/b9-7+;;. The van der Waals surface area contributed by atoms with Crippen LogP contribution in [0.3, 0.4) is 0 Å². The summed E-state index contributed by atoms with van der Waals surface area (Å²) in [5, 5.41) is 5.74. The molecule has 3 atom stereocenters. The first-order valence-electron chi connectivity index (χ1n) is 18.0. The maximum Gasteiger partial charge on any atom is 0.347 e. The summed E-state index contributed by atoms with van der Waals surface area (Å²) in [6, 6.07) is 16.6. The Morgan fingerprint density at radius 3 is 2.16 bits per heavy atom. The van der Waals surface area contributed by atoms with Gasteiger partial charge in [0, 0.05) is 13.0 Å². The molecule has 9 nitrogen and oxygen atoms in total. The van der Waals surface area contributed by atoms with E-state index in [9.17, 15) is 19.2 Å². The highest BCUT2D eigenvalue weighted by atomic mass is 35.5. The van der Waals surface area contributed by atoms with Gasteiger partial charge in [-0.15, -0.1) is 0 Å². The fourth-order valence-corrected chi connectivity index (χ4v) is 5.63. The van der Waals surface area contributed by atoms with Crippen LogP contribution < -0.4 is 15.4 Å². The van der Waals surface area contributed by atoms with E-state index in [1.54, 1.807) is 27.0 Å². The molecule has 0 aromatic heterocycles. The van der Waals surface area contributed by atoms with Gasteiger partial charge >= 0.3 is 11.9 Å². The molecule has 2 aliphatic rings. The predicted octanol–water partition coefficient (Wildman–Crippen LogP) is 7.98. The smallest absolute Gasteiger partial charge is 0.347 e. The molecule has 1 aliphatic heterocycles. The monoisotopic (exact) mass is 726 g/mol. The van der Waals surface area contributed by atoms with Gasteiger partial charge in [0.15, 0.2) is 6.10 Å². The van der Waals surface area contributed by atoms with Crippen molar-refractivity contribution < 1.29 is 33.4 Å². The van der Waals surface area contributed by atoms with E-state index in [4.69, 9.17) is 25.8 Å². The van der Waals surface area contributed by atoms with Crippen LogP contribution in [0.5, 0.6) is 5.75 Å². The second-order valence-corrected chi connectivity index (χ2v) is 15.2. The number of hydrogen-bond acceptors (Lipinski definition) is 7. The highest BCUT2D eigenvalue weighted by molar-refractivity contribution is 6.32. The number of benzene rings is 2. The Morgan fingerprint density at radius 2 is 1.61 bits per heavy atom. The zero-order valence-corrected chi connectivity index (χ0v) is 32.7. The number of hydrogen-bond donors (Lipinski definition) is 2. The van der Waals surface area contributed by atoms with Gasteiger partial charge < -0.3 is 24.8 Å². The first kappa shape index (κ1) is 43.3. The topological polar surface area (TPSA) is 120 Å². The molecule has 1 aliphatic carbocycles. The summed E-state index contributed by atoms with van der Waals surface area (Å²) in [6.07, 6.45) is 6.41. The molecule has 0 spiro atoms. The molecule has 2 aromatic rings. The lowest BCUT2D eigenvalue weighted by Crippen LogP contribution is -2.45. The largest absolute Gasteiger partial charge is 0.495 e. The van der Waals surface area contributed by atoms with Crippen LogP contribution in [0.1, 0.15) is 97.6 Å². The molecule has 2 amide bonds. The van der Waals surface area contributed by atoms with Crippen molar-refractivity contribution in [3.05, 3.63) is 76.8 Å². The fraction of sp³-hybridized carbons (Fsp3) is 0.561. The molecule has 0 bridgehead atoms. The van der Waals surface area contributed by atoms with Crippen molar-refractivity contribution in [3.63, 3.8) is 0 Å². The quantitative estimate of drug-likeness (QED) is 0.290. The lowest BCUT2D eigenvalue weighted by atomic mass is 9.74. The highest BCUT2D eigenvalue weighted by Gasteiger charge is 2.36. The molecule has 3 unspecified atom stereocenters. The summed E-state index contributed by atoms with van der Waals surface area (Å²) in [4.78, 5) is 49.2. The predicted molar refractivity (Wildman–Crippen MR) is 203 cm³/mol. The number of ether oxygens (including phenoxy) is 3. The molecule has 4 rings (SSSR count). The van der Waals surface area contributed by atoms with Gasteiger partial charge in [0.1, 0.15) is 11.9 Å². The molecule has 51 heavy (non-hydrogen) atoms.